The highest BCUT2D eigenvalue weighted by Gasteiger charge is 2.07. The van der Waals surface area contributed by atoms with Crippen LogP contribution in [0, 0.1) is 0 Å². The molecule has 0 atom stereocenters. The number of nitrogens with zero attached hydrogens (tertiary/aromatic N) is 2. The van der Waals surface area contributed by atoms with Crippen molar-refractivity contribution in [3.8, 4) is 0 Å². The van der Waals surface area contributed by atoms with E-state index in [1.165, 1.54) is 5.56 Å². The van der Waals surface area contributed by atoms with Gasteiger partial charge in [-0.05, 0) is 17.5 Å². The quantitative estimate of drug-likeness (QED) is 0.764. The van der Waals surface area contributed by atoms with Crippen molar-refractivity contribution in [2.24, 2.45) is 0 Å². The number of hydrogen-bond acceptors (Lipinski definition) is 5. The fraction of sp³-hybridized carbons (Fsp3) is 0.375. The Morgan fingerprint density at radius 2 is 1.90 bits per heavy atom. The topological polar surface area (TPSA) is 59.1 Å². The van der Waals surface area contributed by atoms with Crippen LogP contribution in [0.25, 0.3) is 0 Å². The van der Waals surface area contributed by atoms with Crippen LogP contribution >= 0.6 is 0 Å². The van der Waals surface area contributed by atoms with Crippen LogP contribution in [0.15, 0.2) is 36.7 Å². The van der Waals surface area contributed by atoms with Crippen molar-refractivity contribution in [1.82, 2.24) is 9.97 Å². The van der Waals surface area contributed by atoms with Gasteiger partial charge < -0.3 is 15.4 Å². The van der Waals surface area contributed by atoms with Gasteiger partial charge in [0.25, 0.3) is 0 Å². The number of nitrogens with one attached hydrogen (secondary N) is 2. The second-order valence-electron chi connectivity index (χ2n) is 5.08. The zero-order valence-electron chi connectivity index (χ0n) is 12.8. The van der Waals surface area contributed by atoms with Crippen LogP contribution in [-0.4, -0.2) is 30.2 Å². The maximum Gasteiger partial charge on any atom is 0.135 e. The predicted octanol–water partition coefficient (Wildman–Crippen LogP) is 3.40. The Balaban J connectivity index is 2.11. The van der Waals surface area contributed by atoms with E-state index in [1.54, 1.807) is 13.4 Å². The van der Waals surface area contributed by atoms with Gasteiger partial charge in [-0.25, -0.2) is 9.97 Å². The molecule has 1 heterocycles. The molecule has 2 rings (SSSR count). The molecule has 0 amide bonds. The largest absolute Gasteiger partial charge is 0.383 e. The molecule has 1 aromatic carbocycles. The van der Waals surface area contributed by atoms with E-state index in [1.807, 2.05) is 12.1 Å². The van der Waals surface area contributed by atoms with Gasteiger partial charge >= 0.3 is 0 Å². The molecule has 0 unspecified atom stereocenters. The summed E-state index contributed by atoms with van der Waals surface area (Å²) < 4.78 is 5.01. The van der Waals surface area contributed by atoms with Crippen molar-refractivity contribution in [3.63, 3.8) is 0 Å². The molecule has 5 heteroatoms. The van der Waals surface area contributed by atoms with Gasteiger partial charge in [-0.2, -0.15) is 0 Å². The van der Waals surface area contributed by atoms with Gasteiger partial charge in [-0.1, -0.05) is 32.0 Å². The first-order chi connectivity index (χ1) is 10.2. The van der Waals surface area contributed by atoms with E-state index in [9.17, 15) is 0 Å². The lowest BCUT2D eigenvalue weighted by Crippen LogP contribution is -2.09. The third-order valence-corrected chi connectivity index (χ3v) is 3.12. The Kier molecular flexibility index (Phi) is 5.51. The molecule has 0 fully saturated rings. The fourth-order valence-corrected chi connectivity index (χ4v) is 2.06. The lowest BCUT2D eigenvalue weighted by atomic mass is 10.0. The third-order valence-electron chi connectivity index (χ3n) is 3.12. The monoisotopic (exact) mass is 286 g/mol. The summed E-state index contributed by atoms with van der Waals surface area (Å²) in [6.07, 6.45) is 1.55. The van der Waals surface area contributed by atoms with Crippen LogP contribution in [0.2, 0.25) is 0 Å². The Hall–Kier alpha value is -2.14. The number of methoxy groups -OCH3 is 1. The van der Waals surface area contributed by atoms with Gasteiger partial charge in [-0.15, -0.1) is 0 Å². The molecule has 0 radical (unpaired) electrons. The Bertz CT molecular complexity index is 572. The van der Waals surface area contributed by atoms with Crippen LogP contribution in [-0.2, 0) is 4.74 Å². The highest BCUT2D eigenvalue weighted by atomic mass is 16.5. The molecule has 0 spiro atoms. The van der Waals surface area contributed by atoms with Crippen molar-refractivity contribution in [2.75, 3.05) is 30.9 Å². The number of aromatic nitrogens is 2. The number of benzene rings is 1. The first kappa shape index (κ1) is 15.3. The highest BCUT2D eigenvalue weighted by molar-refractivity contribution is 5.63. The molecule has 0 bridgehead atoms. The summed E-state index contributed by atoms with van der Waals surface area (Å²) in [5, 5.41) is 6.56. The number of para-hydroxylation sites is 1. The van der Waals surface area contributed by atoms with Crippen molar-refractivity contribution in [2.45, 2.75) is 19.8 Å². The summed E-state index contributed by atoms with van der Waals surface area (Å²) in [7, 11) is 1.68. The smallest absolute Gasteiger partial charge is 0.135 e. The minimum atomic E-state index is 0.454. The van der Waals surface area contributed by atoms with Gasteiger partial charge in [0.15, 0.2) is 0 Å². The van der Waals surface area contributed by atoms with Gasteiger partial charge in [-0.3, -0.25) is 0 Å². The van der Waals surface area contributed by atoms with Crippen molar-refractivity contribution < 1.29 is 4.74 Å². The number of anilines is 3. The van der Waals surface area contributed by atoms with Crippen molar-refractivity contribution in [1.29, 1.82) is 0 Å². The molecule has 21 heavy (non-hydrogen) atoms. The Labute approximate surface area is 125 Å². The molecule has 0 aliphatic rings. The molecular formula is C16H22N4O. The minimum Gasteiger partial charge on any atom is -0.383 e. The van der Waals surface area contributed by atoms with Crippen LogP contribution in [0.1, 0.15) is 25.3 Å². The van der Waals surface area contributed by atoms with Gasteiger partial charge in [0.2, 0.25) is 0 Å². The molecule has 5 nitrogen and oxygen atoms in total. The number of ether oxygens (including phenoxy) is 1. The maximum absolute atomic E-state index is 5.01. The van der Waals surface area contributed by atoms with E-state index in [0.717, 1.165) is 23.9 Å². The molecule has 112 valence electrons. The zero-order valence-corrected chi connectivity index (χ0v) is 12.8. The molecular weight excluding hydrogens is 264 g/mol. The average molecular weight is 286 g/mol. The SMILES string of the molecule is COCCNc1cc(Nc2ccccc2C(C)C)ncn1. The summed E-state index contributed by atoms with van der Waals surface area (Å²) in [4.78, 5) is 8.46. The molecule has 0 saturated heterocycles. The molecule has 1 aromatic heterocycles. The maximum atomic E-state index is 5.01. The zero-order chi connectivity index (χ0) is 15.1. The van der Waals surface area contributed by atoms with Crippen LogP contribution in [0.3, 0.4) is 0 Å². The van der Waals surface area contributed by atoms with E-state index < -0.39 is 0 Å². The first-order valence-electron chi connectivity index (χ1n) is 7.11. The second kappa shape index (κ2) is 7.59. The summed E-state index contributed by atoms with van der Waals surface area (Å²) in [6.45, 7) is 5.72. The predicted molar refractivity (Wildman–Crippen MR) is 86.2 cm³/mol. The lowest BCUT2D eigenvalue weighted by Gasteiger charge is -2.14. The fourth-order valence-electron chi connectivity index (χ4n) is 2.06. The Morgan fingerprint density at radius 3 is 2.67 bits per heavy atom. The summed E-state index contributed by atoms with van der Waals surface area (Å²) in [5.74, 6) is 2.01. The number of hydrogen-bond donors (Lipinski definition) is 2. The van der Waals surface area contributed by atoms with Crippen molar-refractivity contribution >= 4 is 17.3 Å². The molecule has 2 aromatic rings. The normalized spacial score (nSPS) is 10.7. The summed E-state index contributed by atoms with van der Waals surface area (Å²) in [6, 6.07) is 10.2. The van der Waals surface area contributed by atoms with Crippen LogP contribution in [0.5, 0.6) is 0 Å². The highest BCUT2D eigenvalue weighted by Crippen LogP contribution is 2.26. The van der Waals surface area contributed by atoms with Gasteiger partial charge in [0.05, 0.1) is 6.61 Å². The first-order valence-corrected chi connectivity index (χ1v) is 7.11. The molecule has 0 saturated carbocycles. The van der Waals surface area contributed by atoms with E-state index in [4.69, 9.17) is 4.74 Å². The minimum absolute atomic E-state index is 0.454. The van der Waals surface area contributed by atoms with E-state index in [-0.39, 0.29) is 0 Å². The van der Waals surface area contributed by atoms with Crippen LogP contribution in [0.4, 0.5) is 17.3 Å². The average Bonchev–Trinajstić information content (AvgIpc) is 2.48. The summed E-state index contributed by atoms with van der Waals surface area (Å²) >= 11 is 0. The van der Waals surface area contributed by atoms with E-state index in [2.05, 4.69) is 52.6 Å². The third kappa shape index (κ3) is 4.43. The summed E-state index contributed by atoms with van der Waals surface area (Å²) in [5.41, 5.74) is 2.35. The van der Waals surface area contributed by atoms with Gasteiger partial charge in [0, 0.05) is 25.4 Å². The molecule has 0 aliphatic heterocycles. The molecule has 0 aliphatic carbocycles. The van der Waals surface area contributed by atoms with E-state index >= 15 is 0 Å². The van der Waals surface area contributed by atoms with Gasteiger partial charge in [0.1, 0.15) is 18.0 Å². The van der Waals surface area contributed by atoms with Crippen molar-refractivity contribution in [3.05, 3.63) is 42.2 Å². The molecule has 2 N–H and O–H groups in total. The second-order valence-corrected chi connectivity index (χ2v) is 5.08. The standard InChI is InChI=1S/C16H22N4O/c1-12(2)13-6-4-5-7-14(13)20-16-10-15(18-11-19-16)17-8-9-21-3/h4-7,10-12H,8-9H2,1-3H3,(H2,17,18,19,20). The number of rotatable bonds is 7. The lowest BCUT2D eigenvalue weighted by molar-refractivity contribution is 0.210. The van der Waals surface area contributed by atoms with Crippen LogP contribution < -0.4 is 10.6 Å². The Morgan fingerprint density at radius 1 is 1.14 bits per heavy atom. The van der Waals surface area contributed by atoms with E-state index in [0.29, 0.717) is 12.5 Å².